The largest absolute Gasteiger partial charge is 0.489 e. The van der Waals surface area contributed by atoms with E-state index in [0.717, 1.165) is 5.56 Å². The van der Waals surface area contributed by atoms with Gasteiger partial charge in [-0.05, 0) is 18.1 Å². The summed E-state index contributed by atoms with van der Waals surface area (Å²) >= 11 is 12.6. The fourth-order valence-electron chi connectivity index (χ4n) is 2.69. The number of esters is 1. The minimum Gasteiger partial charge on any atom is -0.489 e. The number of halogens is 2. The molecule has 9 heteroatoms. The van der Waals surface area contributed by atoms with E-state index in [4.69, 9.17) is 47.0 Å². The second-order valence-electron chi connectivity index (χ2n) is 6.03. The van der Waals surface area contributed by atoms with Gasteiger partial charge in [-0.2, -0.15) is 5.48 Å². The molecule has 0 aliphatic carbocycles. The van der Waals surface area contributed by atoms with Crippen molar-refractivity contribution in [1.29, 1.82) is 0 Å². The van der Waals surface area contributed by atoms with E-state index < -0.39 is 12.0 Å². The number of benzene rings is 2. The van der Waals surface area contributed by atoms with Crippen LogP contribution in [0.4, 0.5) is 0 Å². The summed E-state index contributed by atoms with van der Waals surface area (Å²) in [5, 5.41) is 0.659. The molecule has 0 radical (unpaired) electrons. The molecule has 2 rings (SSSR count). The Balaban J connectivity index is 2.13. The van der Waals surface area contributed by atoms with Gasteiger partial charge in [0.1, 0.15) is 19.0 Å². The van der Waals surface area contributed by atoms with Crippen LogP contribution in [0.5, 0.6) is 11.5 Å². The highest BCUT2D eigenvalue weighted by Crippen LogP contribution is 2.37. The average Bonchev–Trinajstić information content (AvgIpc) is 2.75. The average molecular weight is 458 g/mol. The Kier molecular flexibility index (Phi) is 10.2. The predicted octanol–water partition coefficient (Wildman–Crippen LogP) is 4.35. The third-order valence-electron chi connectivity index (χ3n) is 4.08. The molecule has 7 nitrogen and oxygen atoms in total. The smallest absolute Gasteiger partial charge is 0.329 e. The minimum absolute atomic E-state index is 0.173. The second-order valence-corrected chi connectivity index (χ2v) is 6.84. The fourth-order valence-corrected chi connectivity index (χ4v) is 3.26. The maximum atomic E-state index is 12.1. The normalized spacial score (nSPS) is 11.8. The van der Waals surface area contributed by atoms with E-state index in [2.05, 4.69) is 5.48 Å². The van der Waals surface area contributed by atoms with Crippen molar-refractivity contribution in [3.8, 4) is 11.5 Å². The van der Waals surface area contributed by atoms with E-state index in [1.165, 1.54) is 14.2 Å². The summed E-state index contributed by atoms with van der Waals surface area (Å²) < 4.78 is 21.5. The molecule has 0 aromatic heterocycles. The highest BCUT2D eigenvalue weighted by atomic mass is 35.5. The third-order valence-corrected chi connectivity index (χ3v) is 4.64. The lowest BCUT2D eigenvalue weighted by Gasteiger charge is -2.19. The van der Waals surface area contributed by atoms with Gasteiger partial charge in [0.2, 0.25) is 0 Å². The summed E-state index contributed by atoms with van der Waals surface area (Å²) in [6, 6.07) is 9.74. The molecular weight excluding hydrogens is 433 g/mol. The molecule has 2 aromatic rings. The highest BCUT2D eigenvalue weighted by molar-refractivity contribution is 6.37. The molecule has 0 heterocycles. The van der Waals surface area contributed by atoms with Gasteiger partial charge in [0.25, 0.3) is 0 Å². The van der Waals surface area contributed by atoms with Crippen molar-refractivity contribution in [2.75, 3.05) is 34.0 Å². The lowest BCUT2D eigenvalue weighted by Crippen LogP contribution is -2.29. The Labute approximate surface area is 186 Å². The van der Waals surface area contributed by atoms with Gasteiger partial charge in [-0.3, -0.25) is 0 Å². The summed E-state index contributed by atoms with van der Waals surface area (Å²) in [5.41, 5.74) is 4.07. The van der Waals surface area contributed by atoms with Crippen LogP contribution in [0, 0.1) is 0 Å². The zero-order valence-electron chi connectivity index (χ0n) is 17.1. The lowest BCUT2D eigenvalue weighted by molar-refractivity contribution is -0.147. The van der Waals surface area contributed by atoms with Crippen molar-refractivity contribution in [2.45, 2.75) is 19.6 Å². The summed E-state index contributed by atoms with van der Waals surface area (Å²) in [7, 11) is 2.74. The molecule has 0 amide bonds. The number of rotatable bonds is 12. The molecule has 0 spiro atoms. The summed E-state index contributed by atoms with van der Waals surface area (Å²) in [6.07, 6.45) is 0. The van der Waals surface area contributed by atoms with Crippen LogP contribution in [0.1, 0.15) is 24.1 Å². The molecule has 0 bridgehead atoms. The molecule has 1 atom stereocenters. The standard InChI is InChI=1S/C21H25Cl2NO6/c1-4-28-9-10-29-20-17(22)11-15(12-18(20)23)30-13-14-7-5-6-8-16(14)19(24-27-3)21(25)26-2/h5-8,11-12,19,24H,4,9-10,13H2,1-3H3. The number of hydroxylamine groups is 1. The molecule has 0 saturated carbocycles. The van der Waals surface area contributed by atoms with Crippen molar-refractivity contribution in [1.82, 2.24) is 5.48 Å². The number of nitrogens with one attached hydrogen (secondary N) is 1. The van der Waals surface area contributed by atoms with E-state index >= 15 is 0 Å². The van der Waals surface area contributed by atoms with Crippen molar-refractivity contribution in [2.24, 2.45) is 0 Å². The number of hydrogen-bond donors (Lipinski definition) is 1. The van der Waals surface area contributed by atoms with Crippen molar-refractivity contribution in [3.63, 3.8) is 0 Å². The third kappa shape index (κ3) is 6.75. The van der Waals surface area contributed by atoms with Crippen LogP contribution in [0.3, 0.4) is 0 Å². The Morgan fingerprint density at radius 1 is 1.07 bits per heavy atom. The predicted molar refractivity (Wildman–Crippen MR) is 114 cm³/mol. The van der Waals surface area contributed by atoms with Gasteiger partial charge in [-0.1, -0.05) is 47.5 Å². The molecule has 30 heavy (non-hydrogen) atoms. The van der Waals surface area contributed by atoms with Crippen LogP contribution in [0.2, 0.25) is 10.0 Å². The molecule has 0 aliphatic rings. The van der Waals surface area contributed by atoms with Crippen LogP contribution >= 0.6 is 23.2 Å². The lowest BCUT2D eigenvalue weighted by atomic mass is 10.0. The van der Waals surface area contributed by atoms with Crippen molar-refractivity contribution < 1.29 is 28.6 Å². The Hall–Kier alpha value is -2.03. The quantitative estimate of drug-likeness (QED) is 0.288. The number of methoxy groups -OCH3 is 1. The highest BCUT2D eigenvalue weighted by Gasteiger charge is 2.24. The number of hydrogen-bond acceptors (Lipinski definition) is 7. The van der Waals surface area contributed by atoms with Crippen LogP contribution < -0.4 is 15.0 Å². The van der Waals surface area contributed by atoms with Gasteiger partial charge in [-0.15, -0.1) is 0 Å². The summed E-state index contributed by atoms with van der Waals surface area (Å²) in [5.74, 6) is 0.357. The monoisotopic (exact) mass is 457 g/mol. The van der Waals surface area contributed by atoms with Crippen LogP contribution in [-0.4, -0.2) is 40.0 Å². The van der Waals surface area contributed by atoms with Crippen LogP contribution in [0.15, 0.2) is 36.4 Å². The minimum atomic E-state index is -0.798. The molecular formula is C21H25Cl2NO6. The van der Waals surface area contributed by atoms with Gasteiger partial charge in [0, 0.05) is 18.7 Å². The maximum Gasteiger partial charge on any atom is 0.329 e. The van der Waals surface area contributed by atoms with Gasteiger partial charge >= 0.3 is 5.97 Å². The first-order chi connectivity index (χ1) is 14.5. The molecule has 164 valence electrons. The van der Waals surface area contributed by atoms with Gasteiger partial charge in [0.05, 0.1) is 30.9 Å². The Morgan fingerprint density at radius 2 is 1.77 bits per heavy atom. The Bertz CT molecular complexity index is 810. The molecule has 2 aromatic carbocycles. The van der Waals surface area contributed by atoms with Crippen LogP contribution in [-0.2, 0) is 25.7 Å². The SMILES string of the molecule is CCOCCOc1c(Cl)cc(OCc2ccccc2C(NOC)C(=O)OC)cc1Cl. The van der Waals surface area contributed by atoms with Gasteiger partial charge < -0.3 is 23.8 Å². The molecule has 1 N–H and O–H groups in total. The van der Waals surface area contributed by atoms with E-state index in [1.54, 1.807) is 18.2 Å². The zero-order valence-corrected chi connectivity index (χ0v) is 18.6. The first kappa shape index (κ1) is 24.2. The van der Waals surface area contributed by atoms with Gasteiger partial charge in [0.15, 0.2) is 11.8 Å². The molecule has 1 unspecified atom stereocenters. The number of ether oxygens (including phenoxy) is 4. The summed E-state index contributed by atoms with van der Waals surface area (Å²) in [4.78, 5) is 17.1. The number of carbonyl (C=O) groups excluding carboxylic acids is 1. The molecule has 0 aliphatic heterocycles. The molecule has 0 fully saturated rings. The molecule has 0 saturated heterocycles. The van der Waals surface area contributed by atoms with E-state index in [-0.39, 0.29) is 6.61 Å². The van der Waals surface area contributed by atoms with Crippen molar-refractivity contribution >= 4 is 29.2 Å². The fraction of sp³-hybridized carbons (Fsp3) is 0.381. The van der Waals surface area contributed by atoms with Crippen LogP contribution in [0.25, 0.3) is 0 Å². The van der Waals surface area contributed by atoms with E-state index in [9.17, 15) is 4.79 Å². The van der Waals surface area contributed by atoms with Gasteiger partial charge in [-0.25, -0.2) is 4.79 Å². The second kappa shape index (κ2) is 12.6. The first-order valence-corrected chi connectivity index (χ1v) is 10.0. The van der Waals surface area contributed by atoms with E-state index in [0.29, 0.717) is 46.9 Å². The van der Waals surface area contributed by atoms with Crippen molar-refractivity contribution in [3.05, 3.63) is 57.6 Å². The van der Waals surface area contributed by atoms with E-state index in [1.807, 2.05) is 25.1 Å². The maximum absolute atomic E-state index is 12.1. The Morgan fingerprint density at radius 3 is 2.40 bits per heavy atom. The number of carbonyl (C=O) groups is 1. The topological polar surface area (TPSA) is 75.3 Å². The first-order valence-electron chi connectivity index (χ1n) is 9.28. The zero-order chi connectivity index (χ0) is 21.9. The summed E-state index contributed by atoms with van der Waals surface area (Å²) in [6.45, 7) is 3.46.